The number of carbonyl (C=O) groups is 1. The zero-order chi connectivity index (χ0) is 32.6. The van der Waals surface area contributed by atoms with Gasteiger partial charge in [0.25, 0.3) is 11.8 Å². The maximum atomic E-state index is 13.5. The highest BCUT2D eigenvalue weighted by Crippen LogP contribution is 2.26. The average Bonchev–Trinajstić information content (AvgIpc) is 3.70. The molecule has 5 aromatic rings. The number of oxazole rings is 1. The topological polar surface area (TPSA) is 152 Å². The van der Waals surface area contributed by atoms with Crippen LogP contribution >= 0.6 is 0 Å². The van der Waals surface area contributed by atoms with Crippen LogP contribution in [-0.2, 0) is 17.9 Å². The number of pyridine rings is 1. The molecule has 0 saturated heterocycles. The fraction of sp³-hybridized carbons (Fsp3) is 0.265. The van der Waals surface area contributed by atoms with Crippen LogP contribution in [-0.4, -0.2) is 52.1 Å². The molecule has 0 spiro atoms. The van der Waals surface area contributed by atoms with Crippen molar-refractivity contribution in [3.05, 3.63) is 107 Å². The summed E-state index contributed by atoms with van der Waals surface area (Å²) in [4.78, 5) is 27.4. The van der Waals surface area contributed by atoms with Crippen molar-refractivity contribution in [1.29, 1.82) is 0 Å². The Bertz CT molecular complexity index is 1890. The molecule has 1 amide bonds. The fourth-order valence-electron chi connectivity index (χ4n) is 4.75. The van der Waals surface area contributed by atoms with Crippen LogP contribution in [0.3, 0.4) is 0 Å². The van der Waals surface area contributed by atoms with Gasteiger partial charge in [0.2, 0.25) is 0 Å². The van der Waals surface area contributed by atoms with Crippen molar-refractivity contribution >= 4 is 22.5 Å². The molecule has 0 saturated carbocycles. The van der Waals surface area contributed by atoms with Gasteiger partial charge in [-0.15, -0.1) is 0 Å². The molecule has 0 aliphatic carbocycles. The minimum atomic E-state index is -0.376. The van der Waals surface area contributed by atoms with Gasteiger partial charge >= 0.3 is 0 Å². The first-order valence-electron chi connectivity index (χ1n) is 14.8. The van der Waals surface area contributed by atoms with Crippen molar-refractivity contribution in [3.63, 3.8) is 0 Å². The van der Waals surface area contributed by atoms with Crippen molar-refractivity contribution < 1.29 is 23.4 Å². The van der Waals surface area contributed by atoms with Gasteiger partial charge in [-0.2, -0.15) is 10.1 Å². The molecule has 0 bridgehead atoms. The average molecular weight is 624 g/mol. The molecule has 3 aromatic heterocycles. The number of benzene rings is 2. The lowest BCUT2D eigenvalue weighted by molar-refractivity contribution is 0.0947. The number of amides is 1. The van der Waals surface area contributed by atoms with E-state index in [2.05, 4.69) is 15.4 Å². The molecule has 12 nitrogen and oxygen atoms in total. The van der Waals surface area contributed by atoms with E-state index in [1.807, 2.05) is 62.4 Å². The zero-order valence-corrected chi connectivity index (χ0v) is 26.5. The van der Waals surface area contributed by atoms with E-state index in [-0.39, 0.29) is 24.0 Å². The van der Waals surface area contributed by atoms with Gasteiger partial charge in [-0.05, 0) is 44.0 Å². The fourth-order valence-corrected chi connectivity index (χ4v) is 4.75. The monoisotopic (exact) mass is 623 g/mol. The number of hydrogen-bond donors (Lipinski definition) is 2. The van der Waals surface area contributed by atoms with Crippen LogP contribution in [0, 0.1) is 6.92 Å². The number of aryl methyl sites for hydroxylation is 1. The van der Waals surface area contributed by atoms with Crippen molar-refractivity contribution in [2.75, 3.05) is 20.8 Å². The van der Waals surface area contributed by atoms with Crippen molar-refractivity contribution in [2.45, 2.75) is 40.3 Å². The first-order chi connectivity index (χ1) is 22.3. The lowest BCUT2D eigenvalue weighted by Crippen LogP contribution is -2.24. The van der Waals surface area contributed by atoms with Crippen LogP contribution in [0.5, 0.6) is 11.5 Å². The number of carbonyl (C=O) groups excluding carboxylic acids is 1. The van der Waals surface area contributed by atoms with Crippen LogP contribution < -0.4 is 20.5 Å². The van der Waals surface area contributed by atoms with Crippen molar-refractivity contribution in [3.8, 4) is 17.3 Å². The van der Waals surface area contributed by atoms with Gasteiger partial charge in [0.15, 0.2) is 23.0 Å². The van der Waals surface area contributed by atoms with E-state index in [0.717, 1.165) is 23.2 Å². The van der Waals surface area contributed by atoms with E-state index in [0.29, 0.717) is 58.5 Å². The number of ether oxygens (including phenoxy) is 3. The molecular formula is C34H37N7O5. The minimum absolute atomic E-state index is 0.206. The summed E-state index contributed by atoms with van der Waals surface area (Å²) in [7, 11) is 3.15. The van der Waals surface area contributed by atoms with Gasteiger partial charge in [-0.25, -0.2) is 4.68 Å². The van der Waals surface area contributed by atoms with Crippen LogP contribution in [0.25, 0.3) is 16.7 Å². The molecule has 3 N–H and O–H groups in total. The third-order valence-electron chi connectivity index (χ3n) is 7.06. The Balaban J connectivity index is 1.46. The normalized spacial score (nSPS) is 12.2. The third kappa shape index (κ3) is 7.01. The molecule has 2 aromatic carbocycles. The summed E-state index contributed by atoms with van der Waals surface area (Å²) in [6, 6.07) is 17.0. The Morgan fingerprint density at radius 1 is 1.11 bits per heavy atom. The van der Waals surface area contributed by atoms with Crippen molar-refractivity contribution in [2.24, 2.45) is 10.7 Å². The van der Waals surface area contributed by atoms with Crippen LogP contribution in [0.15, 0.2) is 87.9 Å². The molecule has 0 fully saturated rings. The Kier molecular flexibility index (Phi) is 9.96. The Hall–Kier alpha value is -5.65. The number of allylic oxidation sites excluding steroid dienone is 2. The van der Waals surface area contributed by atoms with Gasteiger partial charge in [-0.1, -0.05) is 37.3 Å². The van der Waals surface area contributed by atoms with Crippen molar-refractivity contribution in [1.82, 2.24) is 25.1 Å². The van der Waals surface area contributed by atoms with Crippen LogP contribution in [0.4, 0.5) is 0 Å². The van der Waals surface area contributed by atoms with E-state index in [1.54, 1.807) is 33.4 Å². The summed E-state index contributed by atoms with van der Waals surface area (Å²) < 4.78 is 24.4. The third-order valence-corrected chi connectivity index (χ3v) is 7.06. The number of nitrogens with zero attached hydrogens (tertiary/aromatic N) is 5. The Labute approximate surface area is 266 Å². The molecule has 5 rings (SSSR count). The van der Waals surface area contributed by atoms with E-state index in [1.165, 1.54) is 10.9 Å². The molecule has 238 valence electrons. The van der Waals surface area contributed by atoms with Gasteiger partial charge in [0.1, 0.15) is 24.4 Å². The molecule has 46 heavy (non-hydrogen) atoms. The summed E-state index contributed by atoms with van der Waals surface area (Å²) >= 11 is 0. The predicted molar refractivity (Wildman–Crippen MR) is 174 cm³/mol. The second-order valence-corrected chi connectivity index (χ2v) is 10.5. The lowest BCUT2D eigenvalue weighted by Gasteiger charge is -2.13. The maximum absolute atomic E-state index is 13.5. The molecule has 0 unspecified atom stereocenters. The minimum Gasteiger partial charge on any atom is -0.497 e. The van der Waals surface area contributed by atoms with Crippen LogP contribution in [0.1, 0.15) is 53.5 Å². The van der Waals surface area contributed by atoms with E-state index >= 15 is 0 Å². The number of hydrogen-bond acceptors (Lipinski definition) is 10. The molecular weight excluding hydrogens is 586 g/mol. The lowest BCUT2D eigenvalue weighted by atomic mass is 10.1. The summed E-state index contributed by atoms with van der Waals surface area (Å²) in [5, 5.41) is 8.22. The molecule has 3 heterocycles. The number of aromatic nitrogens is 4. The zero-order valence-electron chi connectivity index (χ0n) is 26.5. The maximum Gasteiger partial charge on any atom is 0.272 e. The summed E-state index contributed by atoms with van der Waals surface area (Å²) in [5.41, 5.74) is 10.4. The number of aliphatic imine (C=N–C) groups is 1. The number of fused-ring (bicyclic) bond motifs is 1. The molecule has 0 aliphatic rings. The molecule has 12 heteroatoms. The highest BCUT2D eigenvalue weighted by Gasteiger charge is 2.24. The highest BCUT2D eigenvalue weighted by atomic mass is 16.5. The van der Waals surface area contributed by atoms with Crippen LogP contribution in [0.2, 0.25) is 0 Å². The van der Waals surface area contributed by atoms with E-state index in [9.17, 15) is 4.79 Å². The van der Waals surface area contributed by atoms with Gasteiger partial charge in [0.05, 0.1) is 31.6 Å². The summed E-state index contributed by atoms with van der Waals surface area (Å²) in [5.74, 6) is 1.79. The number of rotatable bonds is 13. The molecule has 0 aliphatic heterocycles. The number of nitrogens with two attached hydrogens (primary N) is 1. The quantitative estimate of drug-likeness (QED) is 0.132. The summed E-state index contributed by atoms with van der Waals surface area (Å²) in [6.45, 7) is 6.63. The predicted octanol–water partition coefficient (Wildman–Crippen LogP) is 5.27. The second kappa shape index (κ2) is 14.4. The first kappa shape index (κ1) is 31.8. The second-order valence-electron chi connectivity index (χ2n) is 10.5. The SMILES string of the molecule is CCCN=C(/C(OCc1ccccc1)=C(/C)N)c1nc(-n2nc(C(=O)NCc3ccc(OC)cc3OC)c3cc(C)ncc32)co1. The van der Waals surface area contributed by atoms with Gasteiger partial charge < -0.3 is 29.7 Å². The Morgan fingerprint density at radius 3 is 2.63 bits per heavy atom. The van der Waals surface area contributed by atoms with Gasteiger partial charge in [-0.3, -0.25) is 14.8 Å². The Morgan fingerprint density at radius 2 is 1.91 bits per heavy atom. The van der Waals surface area contributed by atoms with E-state index in [4.69, 9.17) is 34.3 Å². The summed E-state index contributed by atoms with van der Waals surface area (Å²) in [6.07, 6.45) is 3.90. The molecule has 0 atom stereocenters. The first-order valence-corrected chi connectivity index (χ1v) is 14.8. The largest absolute Gasteiger partial charge is 0.497 e. The highest BCUT2D eigenvalue weighted by molar-refractivity contribution is 6.09. The number of nitrogens with one attached hydrogen (secondary N) is 1. The van der Waals surface area contributed by atoms with Gasteiger partial charge in [0, 0.05) is 35.8 Å². The smallest absolute Gasteiger partial charge is 0.272 e. The standard InChI is InChI=1S/C34H37N7O5/c1-6-14-36-31(32(22(3)35)45-19-23-10-8-7-9-11-23)34-39-29(20-46-34)41-27-18-37-21(2)15-26(27)30(40-41)33(42)38-17-24-12-13-25(43-4)16-28(24)44-5/h7-13,15-16,18,20H,6,14,17,19,35H2,1-5H3,(H,38,42)/b32-22+,36-31?. The molecule has 0 radical (unpaired) electrons. The van der Waals surface area contributed by atoms with E-state index < -0.39 is 0 Å². The number of methoxy groups -OCH3 is 2.